The second-order valence-electron chi connectivity index (χ2n) is 9.12. The van der Waals surface area contributed by atoms with Crippen molar-refractivity contribution >= 4 is 34.3 Å². The van der Waals surface area contributed by atoms with Crippen LogP contribution in [-0.4, -0.2) is 60.6 Å². The van der Waals surface area contributed by atoms with Crippen molar-refractivity contribution in [3.05, 3.63) is 0 Å². The average Bonchev–Trinajstić information content (AvgIpc) is 2.72. The van der Waals surface area contributed by atoms with Crippen LogP contribution in [0, 0.1) is 17.8 Å². The van der Waals surface area contributed by atoms with E-state index < -0.39 is 41.6 Å². The number of hydrogen-bond donors (Lipinski definition) is 4. The minimum absolute atomic E-state index is 0.00925. The molecular weight excluding hydrogens is 466 g/mol. The number of rotatable bonds is 13. The maximum atomic E-state index is 12.7. The third kappa shape index (κ3) is 9.12. The summed E-state index contributed by atoms with van der Waals surface area (Å²) in [6.45, 7) is 7.82. The van der Waals surface area contributed by atoms with E-state index in [9.17, 15) is 24.2 Å². The molecule has 1 saturated carbocycles. The molecule has 0 aromatic rings. The van der Waals surface area contributed by atoms with Gasteiger partial charge in [0.2, 0.25) is 0 Å². The number of aliphatic hydroxyl groups excluding tert-OH is 1. The molecule has 1 amide bonds. The van der Waals surface area contributed by atoms with Gasteiger partial charge in [0.1, 0.15) is 0 Å². The summed E-state index contributed by atoms with van der Waals surface area (Å²) in [4.78, 5) is 35.0. The summed E-state index contributed by atoms with van der Waals surface area (Å²) in [6, 6.07) is -0.520. The molecule has 1 fully saturated rings. The fraction of sp³-hybridized carbons (Fsp3) is 0.905. The van der Waals surface area contributed by atoms with Gasteiger partial charge >= 0.3 is 189 Å². The zero-order valence-corrected chi connectivity index (χ0v) is 22.0. The van der Waals surface area contributed by atoms with Gasteiger partial charge in [-0.2, -0.15) is 0 Å². The first-order valence-corrected chi connectivity index (χ1v) is 15.0. The standard InChI is InChI=1S/C21H42AsN2O5P/c1-5-14(4)19(23)20(26)22-18(13(2)3)21(27)24-12-16(25)11-17(30(28)29)15-9-7-6-8-10-15/h13-19,22,25,30H,5-12,23H2,1-4H3,(H,24,27)(H,28,29)/t14?,16-,17?,18+,19?/m1/s1. The summed E-state index contributed by atoms with van der Waals surface area (Å²) in [5.41, 5.74) is 5.66. The van der Waals surface area contributed by atoms with E-state index in [0.29, 0.717) is 0 Å². The van der Waals surface area contributed by atoms with Crippen molar-refractivity contribution in [2.45, 2.75) is 95.2 Å². The van der Waals surface area contributed by atoms with Gasteiger partial charge in [-0.1, -0.05) is 0 Å². The fourth-order valence-electron chi connectivity index (χ4n) is 4.03. The second kappa shape index (κ2) is 14.1. The summed E-state index contributed by atoms with van der Waals surface area (Å²) in [5, 5.41) is 13.2. The Balaban J connectivity index is 2.60. The Labute approximate surface area is 188 Å². The van der Waals surface area contributed by atoms with Crippen LogP contribution in [0.3, 0.4) is 0 Å². The van der Waals surface area contributed by atoms with Gasteiger partial charge in [-0.15, -0.1) is 0 Å². The Morgan fingerprint density at radius 1 is 1.20 bits per heavy atom. The number of carbonyl (C=O) groups excluding carboxylic acids is 2. The Kier molecular flexibility index (Phi) is 13.0. The van der Waals surface area contributed by atoms with Gasteiger partial charge in [0.05, 0.1) is 0 Å². The first kappa shape index (κ1) is 27.8. The fourth-order valence-corrected chi connectivity index (χ4v) is 8.08. The SMILES string of the molecule is CCC(C)C(N)C(=O)[AsH][C@H](C(=O)NC[C@H](O)CC(C1CCCCC1)[PH](=O)O)C(C)C. The summed E-state index contributed by atoms with van der Waals surface area (Å²) in [7, 11) is -2.74. The average molecular weight is 508 g/mol. The van der Waals surface area contributed by atoms with Crippen molar-refractivity contribution in [3.63, 3.8) is 0 Å². The van der Waals surface area contributed by atoms with Crippen molar-refractivity contribution in [1.29, 1.82) is 0 Å². The molecule has 5 unspecified atom stereocenters. The zero-order valence-electron chi connectivity index (χ0n) is 18.9. The molecule has 30 heavy (non-hydrogen) atoms. The molecule has 0 spiro atoms. The molecule has 7 nitrogen and oxygen atoms in total. The van der Waals surface area contributed by atoms with Gasteiger partial charge in [-0.3, -0.25) is 0 Å². The van der Waals surface area contributed by atoms with Gasteiger partial charge in [0.25, 0.3) is 0 Å². The van der Waals surface area contributed by atoms with E-state index in [1.807, 2.05) is 27.7 Å². The van der Waals surface area contributed by atoms with Crippen LogP contribution < -0.4 is 11.1 Å². The van der Waals surface area contributed by atoms with Gasteiger partial charge in [0, 0.05) is 0 Å². The van der Waals surface area contributed by atoms with E-state index >= 15 is 0 Å². The number of aliphatic hydroxyl groups is 1. The summed E-state index contributed by atoms with van der Waals surface area (Å²) in [5.74, 6) is 0.0613. The molecule has 0 aromatic heterocycles. The van der Waals surface area contributed by atoms with Crippen molar-refractivity contribution in [2.75, 3.05) is 6.54 Å². The van der Waals surface area contributed by atoms with Crippen LogP contribution >= 0.6 is 8.03 Å². The van der Waals surface area contributed by atoms with Crippen molar-refractivity contribution in [1.82, 2.24) is 5.32 Å². The van der Waals surface area contributed by atoms with Crippen molar-refractivity contribution < 1.29 is 24.2 Å². The third-order valence-corrected chi connectivity index (χ3v) is 11.6. The maximum absolute atomic E-state index is 12.7. The van der Waals surface area contributed by atoms with Crippen LogP contribution in [0.25, 0.3) is 0 Å². The summed E-state index contributed by atoms with van der Waals surface area (Å²) >= 11 is -1.24. The van der Waals surface area contributed by atoms with E-state index in [-0.39, 0.29) is 45.9 Å². The van der Waals surface area contributed by atoms with Crippen LogP contribution in [0.4, 0.5) is 0 Å². The zero-order chi connectivity index (χ0) is 22.8. The number of nitrogens with two attached hydrogens (primary N) is 1. The summed E-state index contributed by atoms with van der Waals surface area (Å²) in [6.07, 6.45) is 5.33. The van der Waals surface area contributed by atoms with Gasteiger partial charge in [-0.05, 0) is 0 Å². The first-order chi connectivity index (χ1) is 14.1. The van der Waals surface area contributed by atoms with E-state index in [4.69, 9.17) is 5.73 Å². The van der Waals surface area contributed by atoms with Crippen LogP contribution in [-0.2, 0) is 14.2 Å². The van der Waals surface area contributed by atoms with Gasteiger partial charge in [0.15, 0.2) is 0 Å². The molecule has 0 heterocycles. The van der Waals surface area contributed by atoms with E-state index in [0.717, 1.165) is 38.5 Å². The Morgan fingerprint density at radius 3 is 2.30 bits per heavy atom. The molecular formula is C21H42AsN2O5P. The van der Waals surface area contributed by atoms with E-state index in [1.165, 1.54) is 0 Å². The van der Waals surface area contributed by atoms with Crippen LogP contribution in [0.2, 0.25) is 4.71 Å². The topological polar surface area (TPSA) is 130 Å². The third-order valence-electron chi connectivity index (χ3n) is 6.38. The summed E-state index contributed by atoms with van der Waals surface area (Å²) < 4.78 is 11.5. The molecule has 1 rings (SSSR count). The number of carbonyl (C=O) groups is 2. The molecule has 5 N–H and O–H groups in total. The van der Waals surface area contributed by atoms with Crippen LogP contribution in [0.1, 0.15) is 72.6 Å². The molecule has 1 aliphatic rings. The van der Waals surface area contributed by atoms with Gasteiger partial charge in [-0.25, -0.2) is 0 Å². The van der Waals surface area contributed by atoms with E-state index in [1.54, 1.807) is 0 Å². The molecule has 1 aliphatic carbocycles. The molecule has 9 heteroatoms. The molecule has 0 saturated heterocycles. The molecule has 0 radical (unpaired) electrons. The van der Waals surface area contributed by atoms with Gasteiger partial charge < -0.3 is 0 Å². The normalized spacial score (nSPS) is 21.9. The van der Waals surface area contributed by atoms with Crippen molar-refractivity contribution in [2.24, 2.45) is 23.5 Å². The van der Waals surface area contributed by atoms with Crippen molar-refractivity contribution in [3.8, 4) is 0 Å². The Morgan fingerprint density at radius 2 is 1.80 bits per heavy atom. The molecule has 0 aliphatic heterocycles. The number of amides is 1. The molecule has 0 bridgehead atoms. The predicted molar refractivity (Wildman–Crippen MR) is 123 cm³/mol. The van der Waals surface area contributed by atoms with E-state index in [2.05, 4.69) is 5.32 Å². The molecule has 7 atom stereocenters. The first-order valence-electron chi connectivity index (χ1n) is 11.3. The van der Waals surface area contributed by atoms with Crippen LogP contribution in [0.15, 0.2) is 0 Å². The Hall–Kier alpha value is -0.192. The number of hydrogen-bond acceptors (Lipinski definition) is 5. The van der Waals surface area contributed by atoms with Crippen LogP contribution in [0.5, 0.6) is 0 Å². The second-order valence-corrected chi connectivity index (χ2v) is 13.5. The minimum atomic E-state index is -2.74. The number of nitrogens with one attached hydrogen (secondary N) is 1. The Bertz CT molecular complexity index is 572. The molecule has 0 aromatic carbocycles. The monoisotopic (exact) mass is 508 g/mol. The molecule has 176 valence electrons. The quantitative estimate of drug-likeness (QED) is 0.223. The predicted octanol–water partition coefficient (Wildman–Crippen LogP) is 2.05.